The smallest absolute Gasteiger partial charge is 0.0871 e. The molecular formula is C15H11NOS. The molecule has 3 aromatic rings. The Hall–Kier alpha value is -2.00. The average Bonchev–Trinajstić information content (AvgIpc) is 2.47. The van der Waals surface area contributed by atoms with Crippen molar-refractivity contribution in [3.8, 4) is 0 Å². The van der Waals surface area contributed by atoms with Gasteiger partial charge in [0.15, 0.2) is 0 Å². The van der Waals surface area contributed by atoms with Gasteiger partial charge in [0.2, 0.25) is 0 Å². The molecule has 0 bridgehead atoms. The molecule has 0 saturated carbocycles. The van der Waals surface area contributed by atoms with E-state index in [1.807, 2.05) is 60.7 Å². The van der Waals surface area contributed by atoms with E-state index in [1.54, 1.807) is 6.20 Å². The van der Waals surface area contributed by atoms with Gasteiger partial charge in [-0.3, -0.25) is 4.98 Å². The maximum Gasteiger partial charge on any atom is 0.0871 e. The fourth-order valence-electron chi connectivity index (χ4n) is 1.90. The lowest BCUT2D eigenvalue weighted by atomic mass is 10.2. The lowest BCUT2D eigenvalue weighted by molar-refractivity contribution is 0.683. The van der Waals surface area contributed by atoms with Crippen molar-refractivity contribution in [2.75, 3.05) is 0 Å². The van der Waals surface area contributed by atoms with Gasteiger partial charge in [-0.25, -0.2) is 4.21 Å². The average molecular weight is 253 g/mol. The zero-order valence-electron chi connectivity index (χ0n) is 9.61. The molecular weight excluding hydrogens is 242 g/mol. The minimum absolute atomic E-state index is 0.763. The Morgan fingerprint density at radius 1 is 0.833 bits per heavy atom. The summed E-state index contributed by atoms with van der Waals surface area (Å²) in [5.74, 6) is 0. The summed E-state index contributed by atoms with van der Waals surface area (Å²) in [5, 5.41) is 1.01. The summed E-state index contributed by atoms with van der Waals surface area (Å²) in [6, 6.07) is 19.1. The van der Waals surface area contributed by atoms with Crippen LogP contribution in [0, 0.1) is 0 Å². The molecule has 0 radical (unpaired) electrons. The molecule has 2 nitrogen and oxygen atoms in total. The van der Waals surface area contributed by atoms with E-state index < -0.39 is 10.8 Å². The number of pyridine rings is 1. The van der Waals surface area contributed by atoms with E-state index in [0.717, 1.165) is 20.7 Å². The van der Waals surface area contributed by atoms with Crippen molar-refractivity contribution in [3.05, 3.63) is 66.9 Å². The van der Waals surface area contributed by atoms with Gasteiger partial charge in [-0.1, -0.05) is 36.4 Å². The second-order valence-corrected chi connectivity index (χ2v) is 5.36. The quantitative estimate of drug-likeness (QED) is 0.700. The molecule has 1 atom stereocenters. The van der Waals surface area contributed by atoms with Crippen LogP contribution in [0.2, 0.25) is 0 Å². The number of para-hydroxylation sites is 1. The van der Waals surface area contributed by atoms with E-state index in [-0.39, 0.29) is 0 Å². The summed E-state index contributed by atoms with van der Waals surface area (Å²) in [6.07, 6.45) is 1.73. The van der Waals surface area contributed by atoms with Crippen molar-refractivity contribution in [1.29, 1.82) is 0 Å². The fraction of sp³-hybridized carbons (Fsp3) is 0. The van der Waals surface area contributed by atoms with E-state index >= 15 is 0 Å². The highest BCUT2D eigenvalue weighted by atomic mass is 32.2. The van der Waals surface area contributed by atoms with Crippen LogP contribution >= 0.6 is 0 Å². The topological polar surface area (TPSA) is 30.0 Å². The molecule has 1 heterocycles. The molecule has 0 N–H and O–H groups in total. The van der Waals surface area contributed by atoms with Crippen molar-refractivity contribution < 1.29 is 4.21 Å². The van der Waals surface area contributed by atoms with E-state index in [1.165, 1.54) is 0 Å². The van der Waals surface area contributed by atoms with Crippen LogP contribution in [0.15, 0.2) is 76.7 Å². The molecule has 18 heavy (non-hydrogen) atoms. The maximum absolute atomic E-state index is 12.5. The predicted molar refractivity (Wildman–Crippen MR) is 72.9 cm³/mol. The van der Waals surface area contributed by atoms with Crippen LogP contribution in [0.5, 0.6) is 0 Å². The number of aromatic nitrogens is 1. The van der Waals surface area contributed by atoms with Crippen LogP contribution < -0.4 is 0 Å². The number of benzene rings is 2. The van der Waals surface area contributed by atoms with Crippen LogP contribution in [0.25, 0.3) is 10.9 Å². The van der Waals surface area contributed by atoms with E-state index in [2.05, 4.69) is 4.98 Å². The van der Waals surface area contributed by atoms with Gasteiger partial charge in [-0.2, -0.15) is 0 Å². The molecule has 0 fully saturated rings. The first kappa shape index (κ1) is 11.1. The second-order valence-electron chi connectivity index (χ2n) is 3.91. The van der Waals surface area contributed by atoms with Crippen LogP contribution in [-0.2, 0) is 10.8 Å². The highest BCUT2D eigenvalue weighted by Crippen LogP contribution is 2.23. The van der Waals surface area contributed by atoms with Gasteiger partial charge >= 0.3 is 0 Å². The Labute approximate surface area is 108 Å². The van der Waals surface area contributed by atoms with E-state index in [9.17, 15) is 4.21 Å². The van der Waals surface area contributed by atoms with E-state index in [4.69, 9.17) is 0 Å². The van der Waals surface area contributed by atoms with Gasteiger partial charge in [-0.05, 0) is 24.3 Å². The van der Waals surface area contributed by atoms with Crippen molar-refractivity contribution in [1.82, 2.24) is 4.98 Å². The first-order chi connectivity index (χ1) is 8.86. The molecule has 3 heteroatoms. The fourth-order valence-corrected chi connectivity index (χ4v) is 3.10. The number of nitrogens with zero attached hydrogens (tertiary/aromatic N) is 1. The van der Waals surface area contributed by atoms with Crippen LogP contribution in [0.1, 0.15) is 0 Å². The normalized spacial score (nSPS) is 12.4. The maximum atomic E-state index is 12.5. The largest absolute Gasteiger partial charge is 0.255 e. The zero-order valence-corrected chi connectivity index (χ0v) is 10.4. The minimum atomic E-state index is -1.18. The highest BCUT2D eigenvalue weighted by Gasteiger charge is 2.10. The summed E-state index contributed by atoms with van der Waals surface area (Å²) in [6.45, 7) is 0. The van der Waals surface area contributed by atoms with Gasteiger partial charge in [0.05, 0.1) is 21.2 Å². The summed E-state index contributed by atoms with van der Waals surface area (Å²) >= 11 is 0. The Morgan fingerprint density at radius 3 is 2.44 bits per heavy atom. The Morgan fingerprint density at radius 2 is 1.61 bits per heavy atom. The van der Waals surface area contributed by atoms with Crippen LogP contribution in [0.3, 0.4) is 0 Å². The Balaban J connectivity index is 2.18. The molecule has 0 aliphatic heterocycles. The van der Waals surface area contributed by atoms with Crippen LogP contribution in [-0.4, -0.2) is 9.19 Å². The molecule has 0 aliphatic carbocycles. The minimum Gasteiger partial charge on any atom is -0.255 e. The van der Waals surface area contributed by atoms with Gasteiger partial charge in [-0.15, -0.1) is 0 Å². The third-order valence-electron chi connectivity index (χ3n) is 2.75. The first-order valence-corrected chi connectivity index (χ1v) is 6.82. The molecule has 0 saturated heterocycles. The molecule has 1 aromatic heterocycles. The van der Waals surface area contributed by atoms with Gasteiger partial charge in [0.1, 0.15) is 0 Å². The molecule has 0 amide bonds. The number of hydrogen-bond acceptors (Lipinski definition) is 2. The van der Waals surface area contributed by atoms with E-state index in [0.29, 0.717) is 0 Å². The molecule has 88 valence electrons. The standard InChI is InChI=1S/C15H11NOS/c17-18(13-8-2-1-3-9-13)14-10-4-6-12-7-5-11-16-15(12)14/h1-11H. The van der Waals surface area contributed by atoms with Crippen molar-refractivity contribution >= 4 is 21.7 Å². The second kappa shape index (κ2) is 4.70. The Bertz CT molecular complexity index is 705. The molecule has 0 aliphatic rings. The SMILES string of the molecule is O=S(c1ccccc1)c1cccc2cccnc12. The van der Waals surface area contributed by atoms with Crippen LogP contribution in [0.4, 0.5) is 0 Å². The Kier molecular flexibility index (Phi) is 2.90. The predicted octanol–water partition coefficient (Wildman–Crippen LogP) is 3.40. The summed E-state index contributed by atoms with van der Waals surface area (Å²) in [7, 11) is -1.18. The summed E-state index contributed by atoms with van der Waals surface area (Å²) in [4.78, 5) is 5.90. The number of rotatable bonds is 2. The monoisotopic (exact) mass is 253 g/mol. The number of fused-ring (bicyclic) bond motifs is 1. The third kappa shape index (κ3) is 1.93. The molecule has 0 spiro atoms. The molecule has 1 unspecified atom stereocenters. The summed E-state index contributed by atoms with van der Waals surface area (Å²) in [5.41, 5.74) is 0.808. The molecule has 2 aromatic carbocycles. The first-order valence-electron chi connectivity index (χ1n) is 5.67. The van der Waals surface area contributed by atoms with Gasteiger partial charge in [0, 0.05) is 16.5 Å². The lowest BCUT2D eigenvalue weighted by Crippen LogP contribution is -1.95. The van der Waals surface area contributed by atoms with Crippen molar-refractivity contribution in [3.63, 3.8) is 0 Å². The summed E-state index contributed by atoms with van der Waals surface area (Å²) < 4.78 is 12.5. The van der Waals surface area contributed by atoms with Gasteiger partial charge in [0.25, 0.3) is 0 Å². The number of hydrogen-bond donors (Lipinski definition) is 0. The van der Waals surface area contributed by atoms with Crippen molar-refractivity contribution in [2.24, 2.45) is 0 Å². The lowest BCUT2D eigenvalue weighted by Gasteiger charge is -2.05. The highest BCUT2D eigenvalue weighted by molar-refractivity contribution is 7.85. The molecule has 3 rings (SSSR count). The third-order valence-corrected chi connectivity index (χ3v) is 4.18. The van der Waals surface area contributed by atoms with Crippen molar-refractivity contribution in [2.45, 2.75) is 9.79 Å². The van der Waals surface area contributed by atoms with Gasteiger partial charge < -0.3 is 0 Å². The zero-order chi connectivity index (χ0) is 12.4.